The number of thiophene rings is 1. The second-order valence-corrected chi connectivity index (χ2v) is 8.43. The number of aromatic nitrogens is 2. The van der Waals surface area contributed by atoms with E-state index in [1.54, 1.807) is 11.3 Å². The molecule has 1 saturated heterocycles. The Balaban J connectivity index is 1.47. The van der Waals surface area contributed by atoms with E-state index in [9.17, 15) is 4.79 Å². The maximum absolute atomic E-state index is 12.7. The molecule has 1 atom stereocenters. The summed E-state index contributed by atoms with van der Waals surface area (Å²) in [6.07, 6.45) is 3.11. The van der Waals surface area contributed by atoms with Gasteiger partial charge in [-0.2, -0.15) is 5.10 Å². The number of nitrogens with one attached hydrogen (secondary N) is 1. The van der Waals surface area contributed by atoms with Crippen molar-refractivity contribution < 1.29 is 4.79 Å². The first-order valence-corrected chi connectivity index (χ1v) is 10.3. The molecule has 2 aliphatic rings. The molecule has 2 aromatic rings. The van der Waals surface area contributed by atoms with Crippen molar-refractivity contribution >= 4 is 17.2 Å². The Bertz CT molecular complexity index is 761. The van der Waals surface area contributed by atoms with Gasteiger partial charge in [0.25, 0.3) is 5.91 Å². The van der Waals surface area contributed by atoms with Gasteiger partial charge >= 0.3 is 0 Å². The molecule has 0 saturated carbocycles. The van der Waals surface area contributed by atoms with Gasteiger partial charge in [0, 0.05) is 55.4 Å². The van der Waals surface area contributed by atoms with Gasteiger partial charge < -0.3 is 10.2 Å². The van der Waals surface area contributed by atoms with Crippen molar-refractivity contribution in [2.75, 3.05) is 33.2 Å². The van der Waals surface area contributed by atoms with Crippen molar-refractivity contribution in [2.24, 2.45) is 7.05 Å². The number of aryl methyl sites for hydroxylation is 1. The van der Waals surface area contributed by atoms with Gasteiger partial charge in [-0.1, -0.05) is 6.07 Å². The van der Waals surface area contributed by atoms with Gasteiger partial charge in [-0.25, -0.2) is 0 Å². The van der Waals surface area contributed by atoms with E-state index in [0.717, 1.165) is 51.0 Å². The number of piperazine rings is 1. The number of carbonyl (C=O) groups excluding carboxylic acids is 1. The van der Waals surface area contributed by atoms with Gasteiger partial charge in [0.05, 0.1) is 6.54 Å². The zero-order chi connectivity index (χ0) is 18.1. The third-order valence-electron chi connectivity index (χ3n) is 5.70. The highest BCUT2D eigenvalue weighted by atomic mass is 32.1. The van der Waals surface area contributed by atoms with Crippen molar-refractivity contribution in [3.05, 3.63) is 39.3 Å². The molecule has 0 spiro atoms. The summed E-state index contributed by atoms with van der Waals surface area (Å²) < 4.78 is 1.91. The van der Waals surface area contributed by atoms with Gasteiger partial charge in [0.1, 0.15) is 0 Å². The quantitative estimate of drug-likeness (QED) is 0.883. The highest BCUT2D eigenvalue weighted by Gasteiger charge is 2.32. The minimum atomic E-state index is -0.0470. The molecule has 6 nitrogen and oxygen atoms in total. The second-order valence-electron chi connectivity index (χ2n) is 7.40. The Hall–Kier alpha value is -1.70. The van der Waals surface area contributed by atoms with Crippen molar-refractivity contribution in [2.45, 2.75) is 31.8 Å². The van der Waals surface area contributed by atoms with Crippen LogP contribution in [-0.2, 0) is 26.4 Å². The minimum Gasteiger partial charge on any atom is -0.346 e. The molecule has 0 bridgehead atoms. The lowest BCUT2D eigenvalue weighted by Crippen LogP contribution is -2.50. The number of carbonyl (C=O) groups is 1. The highest BCUT2D eigenvalue weighted by Crippen LogP contribution is 2.27. The Morgan fingerprint density at radius 2 is 2.12 bits per heavy atom. The molecule has 1 aliphatic heterocycles. The molecule has 1 unspecified atom stereocenters. The average Bonchev–Trinajstić information content (AvgIpc) is 3.28. The lowest BCUT2D eigenvalue weighted by Gasteiger charge is -2.39. The van der Waals surface area contributed by atoms with E-state index in [1.165, 1.54) is 10.6 Å². The van der Waals surface area contributed by atoms with E-state index >= 15 is 0 Å². The first-order valence-electron chi connectivity index (χ1n) is 9.39. The fourth-order valence-electron chi connectivity index (χ4n) is 4.12. The first-order chi connectivity index (χ1) is 12.6. The van der Waals surface area contributed by atoms with E-state index in [0.29, 0.717) is 18.3 Å². The van der Waals surface area contributed by atoms with Crippen LogP contribution in [0.3, 0.4) is 0 Å². The van der Waals surface area contributed by atoms with Crippen LogP contribution < -0.4 is 5.32 Å². The predicted molar refractivity (Wildman–Crippen MR) is 104 cm³/mol. The summed E-state index contributed by atoms with van der Waals surface area (Å²) in [7, 11) is 4.15. The molecule has 1 amide bonds. The largest absolute Gasteiger partial charge is 0.346 e. The van der Waals surface area contributed by atoms with Gasteiger partial charge in [0.15, 0.2) is 5.69 Å². The maximum Gasteiger partial charge on any atom is 0.272 e. The SMILES string of the molecule is CN1CCN(C2CCc3c(c(C(=O)NCc4cccs4)nn3C)C2)CC1. The van der Waals surface area contributed by atoms with Crippen LogP contribution >= 0.6 is 11.3 Å². The van der Waals surface area contributed by atoms with Crippen LogP contribution in [0.4, 0.5) is 0 Å². The molecular formula is C19H27N5OS. The maximum atomic E-state index is 12.7. The Morgan fingerprint density at radius 3 is 2.85 bits per heavy atom. The normalized spacial score (nSPS) is 21.5. The van der Waals surface area contributed by atoms with Crippen LogP contribution in [0.15, 0.2) is 17.5 Å². The number of rotatable bonds is 4. The summed E-state index contributed by atoms with van der Waals surface area (Å²) in [5.41, 5.74) is 3.01. The molecule has 2 aromatic heterocycles. The van der Waals surface area contributed by atoms with Gasteiger partial charge in [-0.15, -0.1) is 11.3 Å². The Kier molecular flexibility index (Phi) is 5.11. The number of fused-ring (bicyclic) bond motifs is 1. The Labute approximate surface area is 158 Å². The first kappa shape index (κ1) is 17.7. The van der Waals surface area contributed by atoms with Crippen molar-refractivity contribution in [3.8, 4) is 0 Å². The van der Waals surface area contributed by atoms with Crippen LogP contribution in [0.1, 0.15) is 33.0 Å². The summed E-state index contributed by atoms with van der Waals surface area (Å²) in [5.74, 6) is -0.0470. The van der Waals surface area contributed by atoms with E-state index in [2.05, 4.69) is 27.3 Å². The predicted octanol–water partition coefficient (Wildman–Crippen LogP) is 1.52. The molecular weight excluding hydrogens is 346 g/mol. The summed E-state index contributed by atoms with van der Waals surface area (Å²) >= 11 is 1.66. The van der Waals surface area contributed by atoms with Crippen LogP contribution in [0.5, 0.6) is 0 Å². The van der Waals surface area contributed by atoms with Gasteiger partial charge in [0.2, 0.25) is 0 Å². The monoisotopic (exact) mass is 373 g/mol. The number of hydrogen-bond donors (Lipinski definition) is 1. The molecule has 1 aliphatic carbocycles. The van der Waals surface area contributed by atoms with E-state index in [4.69, 9.17) is 0 Å². The molecule has 26 heavy (non-hydrogen) atoms. The highest BCUT2D eigenvalue weighted by molar-refractivity contribution is 7.09. The number of nitrogens with zero attached hydrogens (tertiary/aromatic N) is 4. The third kappa shape index (κ3) is 3.56. The molecule has 0 radical (unpaired) electrons. The van der Waals surface area contributed by atoms with Crippen molar-refractivity contribution in [1.29, 1.82) is 0 Å². The van der Waals surface area contributed by atoms with E-state index < -0.39 is 0 Å². The van der Waals surface area contributed by atoms with Crippen molar-refractivity contribution in [3.63, 3.8) is 0 Å². The molecule has 140 valence electrons. The van der Waals surface area contributed by atoms with Crippen LogP contribution in [-0.4, -0.2) is 64.8 Å². The summed E-state index contributed by atoms with van der Waals surface area (Å²) in [6.45, 7) is 5.08. The number of amides is 1. The lowest BCUT2D eigenvalue weighted by atomic mass is 9.90. The molecule has 7 heteroatoms. The van der Waals surface area contributed by atoms with Crippen molar-refractivity contribution in [1.82, 2.24) is 24.9 Å². The van der Waals surface area contributed by atoms with Crippen LogP contribution in [0, 0.1) is 0 Å². The number of hydrogen-bond acceptors (Lipinski definition) is 5. The van der Waals surface area contributed by atoms with E-state index in [-0.39, 0.29) is 5.91 Å². The molecule has 0 aromatic carbocycles. The van der Waals surface area contributed by atoms with E-state index in [1.807, 2.05) is 29.2 Å². The zero-order valence-electron chi connectivity index (χ0n) is 15.6. The van der Waals surface area contributed by atoms with Gasteiger partial charge in [-0.05, 0) is 37.8 Å². The topological polar surface area (TPSA) is 53.4 Å². The standard InChI is InChI=1S/C19H27N5OS/c1-22-7-9-24(10-8-22)14-5-6-17-16(12-14)18(21-23(17)2)19(25)20-13-15-4-3-11-26-15/h3-4,11,14H,5-10,12-13H2,1-2H3,(H,20,25). The molecule has 1 N–H and O–H groups in total. The third-order valence-corrected chi connectivity index (χ3v) is 6.58. The van der Waals surface area contributed by atoms with Crippen LogP contribution in [0.2, 0.25) is 0 Å². The average molecular weight is 374 g/mol. The van der Waals surface area contributed by atoms with Gasteiger partial charge in [-0.3, -0.25) is 14.4 Å². The fraction of sp³-hybridized carbons (Fsp3) is 0.579. The second kappa shape index (κ2) is 7.50. The number of likely N-dealkylation sites (N-methyl/N-ethyl adjacent to an activating group) is 1. The summed E-state index contributed by atoms with van der Waals surface area (Å²) in [4.78, 5) is 18.9. The summed E-state index contributed by atoms with van der Waals surface area (Å²) in [6, 6.07) is 4.58. The zero-order valence-corrected chi connectivity index (χ0v) is 16.4. The minimum absolute atomic E-state index is 0.0470. The fourth-order valence-corrected chi connectivity index (χ4v) is 4.76. The summed E-state index contributed by atoms with van der Waals surface area (Å²) in [5, 5.41) is 9.64. The van der Waals surface area contributed by atoms with Crippen LogP contribution in [0.25, 0.3) is 0 Å². The molecule has 3 heterocycles. The molecule has 4 rings (SSSR count). The lowest BCUT2D eigenvalue weighted by molar-refractivity contribution is 0.0938. The Morgan fingerprint density at radius 1 is 1.31 bits per heavy atom. The smallest absolute Gasteiger partial charge is 0.272 e. The molecule has 1 fully saturated rings.